The molecule has 1 aromatic heterocycles. The van der Waals surface area contributed by atoms with E-state index in [1.807, 2.05) is 0 Å². The van der Waals surface area contributed by atoms with E-state index in [0.29, 0.717) is 6.54 Å². The minimum Gasteiger partial charge on any atom is -0.354 e. The Bertz CT molecular complexity index is 496. The molecule has 0 radical (unpaired) electrons. The van der Waals surface area contributed by atoms with Crippen molar-refractivity contribution in [3.05, 3.63) is 22.5 Å². The Labute approximate surface area is 129 Å². The van der Waals surface area contributed by atoms with Gasteiger partial charge in [-0.25, -0.2) is 0 Å². The van der Waals surface area contributed by atoms with Crippen molar-refractivity contribution in [2.75, 3.05) is 26.2 Å². The van der Waals surface area contributed by atoms with Gasteiger partial charge in [-0.05, 0) is 45.3 Å². The summed E-state index contributed by atoms with van der Waals surface area (Å²) in [5.41, 5.74) is -0.102. The molecule has 1 aliphatic rings. The molecule has 1 N–H and O–H groups in total. The lowest BCUT2D eigenvalue weighted by Crippen LogP contribution is -2.28. The first-order valence-electron chi connectivity index (χ1n) is 7.81. The monoisotopic (exact) mass is 309 g/mol. The van der Waals surface area contributed by atoms with Crippen molar-refractivity contribution in [2.24, 2.45) is 0 Å². The van der Waals surface area contributed by atoms with Crippen LogP contribution >= 0.6 is 0 Å². The fourth-order valence-corrected chi connectivity index (χ4v) is 2.61. The first-order chi connectivity index (χ1) is 10.6. The zero-order chi connectivity index (χ0) is 15.8. The lowest BCUT2D eigenvalue weighted by molar-refractivity contribution is -0.385. The average Bonchev–Trinajstić information content (AvgIpc) is 3.14. The number of carbonyl (C=O) groups is 1. The standard InChI is InChI=1S/C14H23N5O3/c20-14(12-18-11-13(10-16-18)19(21)22)15-6-2-1-3-7-17-8-4-5-9-17/h10-11H,1-9,12H2,(H,15,20). The Morgan fingerprint density at radius 1 is 1.32 bits per heavy atom. The molecule has 8 heteroatoms. The molecule has 0 saturated carbocycles. The number of carbonyl (C=O) groups excluding carboxylic acids is 1. The van der Waals surface area contributed by atoms with E-state index in [-0.39, 0.29) is 18.1 Å². The summed E-state index contributed by atoms with van der Waals surface area (Å²) in [5.74, 6) is -0.169. The first kappa shape index (κ1) is 16.4. The lowest BCUT2D eigenvalue weighted by Gasteiger charge is -2.13. The summed E-state index contributed by atoms with van der Waals surface area (Å²) in [4.78, 5) is 24.2. The van der Waals surface area contributed by atoms with Gasteiger partial charge in [-0.2, -0.15) is 5.10 Å². The minimum absolute atomic E-state index is 0.0155. The highest BCUT2D eigenvalue weighted by Gasteiger charge is 2.11. The summed E-state index contributed by atoms with van der Waals surface area (Å²) in [6.07, 6.45) is 8.27. The second-order valence-electron chi connectivity index (χ2n) is 5.61. The van der Waals surface area contributed by atoms with Gasteiger partial charge < -0.3 is 10.2 Å². The van der Waals surface area contributed by atoms with Crippen molar-refractivity contribution >= 4 is 11.6 Å². The highest BCUT2D eigenvalue weighted by molar-refractivity contribution is 5.75. The van der Waals surface area contributed by atoms with E-state index in [4.69, 9.17) is 0 Å². The second kappa shape index (κ2) is 8.47. The maximum Gasteiger partial charge on any atom is 0.307 e. The van der Waals surface area contributed by atoms with E-state index in [0.717, 1.165) is 25.6 Å². The molecule has 1 saturated heterocycles. The second-order valence-corrected chi connectivity index (χ2v) is 5.61. The van der Waals surface area contributed by atoms with Crippen molar-refractivity contribution in [3.63, 3.8) is 0 Å². The van der Waals surface area contributed by atoms with E-state index in [9.17, 15) is 14.9 Å². The molecule has 0 aromatic carbocycles. The van der Waals surface area contributed by atoms with Gasteiger partial charge in [-0.3, -0.25) is 19.6 Å². The fourth-order valence-electron chi connectivity index (χ4n) is 2.61. The number of likely N-dealkylation sites (tertiary alicyclic amines) is 1. The number of amides is 1. The van der Waals surface area contributed by atoms with E-state index < -0.39 is 4.92 Å². The molecule has 1 amide bonds. The number of nitrogens with zero attached hydrogens (tertiary/aromatic N) is 4. The predicted octanol–water partition coefficient (Wildman–Crippen LogP) is 1.17. The molecule has 1 aromatic rings. The van der Waals surface area contributed by atoms with E-state index in [1.54, 1.807) is 0 Å². The molecule has 0 bridgehead atoms. The molecule has 0 unspecified atom stereocenters. The topological polar surface area (TPSA) is 93.3 Å². The van der Waals surface area contributed by atoms with Crippen LogP contribution in [0.2, 0.25) is 0 Å². The number of unbranched alkanes of at least 4 members (excludes halogenated alkanes) is 2. The van der Waals surface area contributed by atoms with E-state index >= 15 is 0 Å². The predicted molar refractivity (Wildman–Crippen MR) is 81.4 cm³/mol. The number of nitrogens with one attached hydrogen (secondary N) is 1. The Morgan fingerprint density at radius 3 is 2.77 bits per heavy atom. The Hall–Kier alpha value is -1.96. The van der Waals surface area contributed by atoms with Gasteiger partial charge in [-0.1, -0.05) is 6.42 Å². The van der Waals surface area contributed by atoms with Crippen molar-refractivity contribution in [1.29, 1.82) is 0 Å². The van der Waals surface area contributed by atoms with Gasteiger partial charge in [0.2, 0.25) is 5.91 Å². The fraction of sp³-hybridized carbons (Fsp3) is 0.714. The zero-order valence-electron chi connectivity index (χ0n) is 12.7. The molecule has 1 aliphatic heterocycles. The Morgan fingerprint density at radius 2 is 2.09 bits per heavy atom. The Kier molecular flexibility index (Phi) is 6.32. The highest BCUT2D eigenvalue weighted by atomic mass is 16.6. The van der Waals surface area contributed by atoms with Crippen LogP contribution in [0.15, 0.2) is 12.4 Å². The summed E-state index contributed by atoms with van der Waals surface area (Å²) in [5, 5.41) is 17.1. The molecule has 8 nitrogen and oxygen atoms in total. The normalized spacial score (nSPS) is 15.1. The SMILES string of the molecule is O=C(Cn1cc([N+](=O)[O-])cn1)NCCCCCN1CCCC1. The van der Waals surface area contributed by atoms with Crippen LogP contribution in [0.3, 0.4) is 0 Å². The van der Waals surface area contributed by atoms with Crippen molar-refractivity contribution in [1.82, 2.24) is 20.0 Å². The van der Waals surface area contributed by atoms with Crippen LogP contribution in [-0.2, 0) is 11.3 Å². The largest absolute Gasteiger partial charge is 0.354 e. The number of hydrogen-bond acceptors (Lipinski definition) is 5. The van der Waals surface area contributed by atoms with Crippen LogP contribution in [0.1, 0.15) is 32.1 Å². The van der Waals surface area contributed by atoms with Gasteiger partial charge in [-0.15, -0.1) is 0 Å². The molecule has 122 valence electrons. The van der Waals surface area contributed by atoms with E-state index in [1.165, 1.54) is 43.2 Å². The van der Waals surface area contributed by atoms with Crippen LogP contribution in [0.4, 0.5) is 5.69 Å². The van der Waals surface area contributed by atoms with E-state index in [2.05, 4.69) is 15.3 Å². The molecular weight excluding hydrogens is 286 g/mol. The van der Waals surface area contributed by atoms with Gasteiger partial charge >= 0.3 is 5.69 Å². The van der Waals surface area contributed by atoms with Crippen LogP contribution in [0.5, 0.6) is 0 Å². The average molecular weight is 309 g/mol. The molecule has 2 heterocycles. The quantitative estimate of drug-likeness (QED) is 0.420. The number of nitro groups is 1. The minimum atomic E-state index is -0.526. The number of rotatable bonds is 9. The van der Waals surface area contributed by atoms with Crippen molar-refractivity contribution < 1.29 is 9.72 Å². The van der Waals surface area contributed by atoms with Crippen LogP contribution in [0.25, 0.3) is 0 Å². The highest BCUT2D eigenvalue weighted by Crippen LogP contribution is 2.09. The molecule has 0 aliphatic carbocycles. The third-order valence-corrected chi connectivity index (χ3v) is 3.81. The van der Waals surface area contributed by atoms with Crippen LogP contribution < -0.4 is 5.32 Å². The first-order valence-corrected chi connectivity index (χ1v) is 7.81. The van der Waals surface area contributed by atoms with Gasteiger partial charge in [0.25, 0.3) is 0 Å². The summed E-state index contributed by atoms with van der Waals surface area (Å²) < 4.78 is 1.28. The lowest BCUT2D eigenvalue weighted by atomic mass is 10.2. The molecule has 22 heavy (non-hydrogen) atoms. The van der Waals surface area contributed by atoms with Crippen LogP contribution in [-0.4, -0.2) is 51.7 Å². The number of hydrogen-bond donors (Lipinski definition) is 1. The van der Waals surface area contributed by atoms with Gasteiger partial charge in [0.05, 0.1) is 4.92 Å². The molecule has 1 fully saturated rings. The molecular formula is C14H23N5O3. The maximum absolute atomic E-state index is 11.7. The van der Waals surface area contributed by atoms with Crippen molar-refractivity contribution in [2.45, 2.75) is 38.6 Å². The third kappa shape index (κ3) is 5.44. The third-order valence-electron chi connectivity index (χ3n) is 3.81. The van der Waals surface area contributed by atoms with Crippen LogP contribution in [0, 0.1) is 10.1 Å². The number of aromatic nitrogens is 2. The van der Waals surface area contributed by atoms with Crippen molar-refractivity contribution in [3.8, 4) is 0 Å². The summed E-state index contributed by atoms with van der Waals surface area (Å²) in [7, 11) is 0. The van der Waals surface area contributed by atoms with Gasteiger partial charge in [0.1, 0.15) is 18.9 Å². The van der Waals surface area contributed by atoms with Gasteiger partial charge in [0, 0.05) is 6.54 Å². The van der Waals surface area contributed by atoms with Gasteiger partial charge in [0.15, 0.2) is 0 Å². The Balaban J connectivity index is 1.52. The summed E-state index contributed by atoms with van der Waals surface area (Å²) >= 11 is 0. The maximum atomic E-state index is 11.7. The zero-order valence-corrected chi connectivity index (χ0v) is 12.7. The smallest absolute Gasteiger partial charge is 0.307 e. The molecule has 0 spiro atoms. The molecule has 2 rings (SSSR count). The summed E-state index contributed by atoms with van der Waals surface area (Å²) in [6, 6.07) is 0. The summed E-state index contributed by atoms with van der Waals surface area (Å²) in [6.45, 7) is 4.27. The molecule has 0 atom stereocenters.